The van der Waals surface area contributed by atoms with Crippen LogP contribution in [0.15, 0.2) is 0 Å². The largest absolute Gasteiger partial charge is 0.390 e. The summed E-state index contributed by atoms with van der Waals surface area (Å²) in [6, 6.07) is 0. The number of aliphatic hydroxyl groups is 1. The summed E-state index contributed by atoms with van der Waals surface area (Å²) in [4.78, 5) is 0. The third-order valence-corrected chi connectivity index (χ3v) is 4.23. The molecule has 1 saturated carbocycles. The molecular formula is C14H28O. The van der Waals surface area contributed by atoms with Gasteiger partial charge in [-0.2, -0.15) is 0 Å². The summed E-state index contributed by atoms with van der Waals surface area (Å²) in [5.74, 6) is 1.51. The molecule has 1 heteroatoms. The van der Waals surface area contributed by atoms with Gasteiger partial charge in [0.15, 0.2) is 0 Å². The minimum absolute atomic E-state index is 0.320. The van der Waals surface area contributed by atoms with E-state index in [1.54, 1.807) is 0 Å². The van der Waals surface area contributed by atoms with E-state index in [0.29, 0.717) is 5.92 Å². The van der Waals surface area contributed by atoms with Crippen molar-refractivity contribution in [3.05, 3.63) is 0 Å². The highest BCUT2D eigenvalue weighted by atomic mass is 16.3. The first-order chi connectivity index (χ1) is 7.07. The highest BCUT2D eigenvalue weighted by Crippen LogP contribution is 2.38. The number of rotatable bonds is 5. The van der Waals surface area contributed by atoms with E-state index in [1.807, 2.05) is 0 Å². The standard InChI is InChI=1S/C14H28O/c1-4-5-6-7-9-14(15)10-8-12(2)13(3)11-14/h12-13,15H,4-11H2,1-3H3. The van der Waals surface area contributed by atoms with Crippen molar-refractivity contribution in [3.8, 4) is 0 Å². The molecule has 0 spiro atoms. The zero-order valence-electron chi connectivity index (χ0n) is 10.8. The lowest BCUT2D eigenvalue weighted by Gasteiger charge is -2.39. The molecule has 0 saturated heterocycles. The van der Waals surface area contributed by atoms with Crippen LogP contribution in [0.25, 0.3) is 0 Å². The van der Waals surface area contributed by atoms with Crippen LogP contribution in [0.1, 0.15) is 72.1 Å². The Morgan fingerprint density at radius 1 is 1.13 bits per heavy atom. The summed E-state index contributed by atoms with van der Waals surface area (Å²) in [5.41, 5.74) is -0.320. The lowest BCUT2D eigenvalue weighted by molar-refractivity contribution is -0.0366. The summed E-state index contributed by atoms with van der Waals surface area (Å²) < 4.78 is 0. The molecule has 0 heterocycles. The molecular weight excluding hydrogens is 184 g/mol. The first-order valence-electron chi connectivity index (χ1n) is 6.80. The fourth-order valence-corrected chi connectivity index (χ4v) is 2.79. The zero-order valence-corrected chi connectivity index (χ0v) is 10.8. The van der Waals surface area contributed by atoms with Gasteiger partial charge < -0.3 is 5.11 Å². The molecule has 0 aromatic heterocycles. The maximum atomic E-state index is 10.5. The molecule has 1 nitrogen and oxygen atoms in total. The van der Waals surface area contributed by atoms with Gasteiger partial charge in [0.05, 0.1) is 5.60 Å². The van der Waals surface area contributed by atoms with E-state index in [2.05, 4.69) is 20.8 Å². The second-order valence-corrected chi connectivity index (χ2v) is 5.73. The van der Waals surface area contributed by atoms with Crippen molar-refractivity contribution in [2.45, 2.75) is 77.7 Å². The molecule has 0 aliphatic heterocycles. The second kappa shape index (κ2) is 5.89. The number of hydrogen-bond acceptors (Lipinski definition) is 1. The Bertz CT molecular complexity index is 178. The Balaban J connectivity index is 2.26. The van der Waals surface area contributed by atoms with Crippen LogP contribution in [0, 0.1) is 11.8 Å². The minimum Gasteiger partial charge on any atom is -0.390 e. The molecule has 3 atom stereocenters. The van der Waals surface area contributed by atoms with Crippen LogP contribution in [0.2, 0.25) is 0 Å². The van der Waals surface area contributed by atoms with Gasteiger partial charge in [0.2, 0.25) is 0 Å². The molecule has 15 heavy (non-hydrogen) atoms. The lowest BCUT2D eigenvalue weighted by Crippen LogP contribution is -2.37. The molecule has 1 aliphatic rings. The highest BCUT2D eigenvalue weighted by molar-refractivity contribution is 4.87. The maximum Gasteiger partial charge on any atom is 0.0650 e. The number of unbranched alkanes of at least 4 members (excludes halogenated alkanes) is 3. The second-order valence-electron chi connectivity index (χ2n) is 5.73. The SMILES string of the molecule is CCCCCCC1(O)CCC(C)C(C)C1. The van der Waals surface area contributed by atoms with Gasteiger partial charge in [-0.05, 0) is 37.5 Å². The van der Waals surface area contributed by atoms with Gasteiger partial charge in [-0.3, -0.25) is 0 Å². The van der Waals surface area contributed by atoms with Crippen LogP contribution in [-0.4, -0.2) is 10.7 Å². The van der Waals surface area contributed by atoms with Crippen molar-refractivity contribution in [1.82, 2.24) is 0 Å². The van der Waals surface area contributed by atoms with E-state index in [0.717, 1.165) is 25.2 Å². The maximum absolute atomic E-state index is 10.5. The van der Waals surface area contributed by atoms with Crippen LogP contribution in [0.3, 0.4) is 0 Å². The molecule has 1 N–H and O–H groups in total. The third-order valence-electron chi connectivity index (χ3n) is 4.23. The Morgan fingerprint density at radius 3 is 2.47 bits per heavy atom. The molecule has 90 valence electrons. The average Bonchev–Trinajstić information content (AvgIpc) is 2.20. The van der Waals surface area contributed by atoms with Crippen LogP contribution in [0.5, 0.6) is 0 Å². The third kappa shape index (κ3) is 4.14. The first-order valence-corrected chi connectivity index (χ1v) is 6.80. The summed E-state index contributed by atoms with van der Waals surface area (Å²) in [7, 11) is 0. The van der Waals surface area contributed by atoms with Crippen LogP contribution in [-0.2, 0) is 0 Å². The molecule has 1 rings (SSSR count). The van der Waals surface area contributed by atoms with Crippen LogP contribution < -0.4 is 0 Å². The molecule has 0 amide bonds. The Morgan fingerprint density at radius 2 is 1.87 bits per heavy atom. The van der Waals surface area contributed by atoms with Crippen LogP contribution >= 0.6 is 0 Å². The zero-order chi connectivity index (χ0) is 11.3. The van der Waals surface area contributed by atoms with Gasteiger partial charge in [0.1, 0.15) is 0 Å². The highest BCUT2D eigenvalue weighted by Gasteiger charge is 2.34. The van der Waals surface area contributed by atoms with Crippen molar-refractivity contribution in [3.63, 3.8) is 0 Å². The molecule has 0 aromatic carbocycles. The molecule has 0 aromatic rings. The smallest absolute Gasteiger partial charge is 0.0650 e. The fraction of sp³-hybridized carbons (Fsp3) is 1.00. The van der Waals surface area contributed by atoms with Gasteiger partial charge in [-0.25, -0.2) is 0 Å². The van der Waals surface area contributed by atoms with E-state index < -0.39 is 0 Å². The summed E-state index contributed by atoms with van der Waals surface area (Å²) in [6.07, 6.45) is 9.42. The van der Waals surface area contributed by atoms with Gasteiger partial charge in [-0.15, -0.1) is 0 Å². The van der Waals surface area contributed by atoms with Gasteiger partial charge in [0, 0.05) is 0 Å². The molecule has 1 fully saturated rings. The Kier molecular flexibility index (Phi) is 5.11. The normalized spacial score (nSPS) is 36.8. The summed E-state index contributed by atoms with van der Waals surface area (Å²) >= 11 is 0. The van der Waals surface area contributed by atoms with E-state index in [1.165, 1.54) is 32.1 Å². The van der Waals surface area contributed by atoms with E-state index >= 15 is 0 Å². The minimum atomic E-state index is -0.320. The number of hydrogen-bond donors (Lipinski definition) is 1. The van der Waals surface area contributed by atoms with E-state index in [4.69, 9.17) is 0 Å². The van der Waals surface area contributed by atoms with Gasteiger partial charge in [-0.1, -0.05) is 46.5 Å². The predicted octanol–water partition coefficient (Wildman–Crippen LogP) is 4.14. The van der Waals surface area contributed by atoms with E-state index in [9.17, 15) is 5.11 Å². The lowest BCUT2D eigenvalue weighted by atomic mass is 9.71. The first kappa shape index (κ1) is 13.0. The van der Waals surface area contributed by atoms with Crippen molar-refractivity contribution >= 4 is 0 Å². The summed E-state index contributed by atoms with van der Waals surface area (Å²) in [6.45, 7) is 6.85. The quantitative estimate of drug-likeness (QED) is 0.679. The van der Waals surface area contributed by atoms with Crippen molar-refractivity contribution < 1.29 is 5.11 Å². The Hall–Kier alpha value is -0.0400. The molecule has 0 bridgehead atoms. The van der Waals surface area contributed by atoms with Gasteiger partial charge >= 0.3 is 0 Å². The summed E-state index contributed by atoms with van der Waals surface area (Å²) in [5, 5.41) is 10.5. The van der Waals surface area contributed by atoms with Crippen LogP contribution in [0.4, 0.5) is 0 Å². The molecule has 0 radical (unpaired) electrons. The fourth-order valence-electron chi connectivity index (χ4n) is 2.79. The molecule has 3 unspecified atom stereocenters. The van der Waals surface area contributed by atoms with Crippen molar-refractivity contribution in [2.24, 2.45) is 11.8 Å². The molecule has 1 aliphatic carbocycles. The van der Waals surface area contributed by atoms with Crippen molar-refractivity contribution in [1.29, 1.82) is 0 Å². The van der Waals surface area contributed by atoms with E-state index in [-0.39, 0.29) is 5.60 Å². The predicted molar refractivity (Wildman–Crippen MR) is 65.9 cm³/mol. The monoisotopic (exact) mass is 212 g/mol. The topological polar surface area (TPSA) is 20.2 Å². The Labute approximate surface area is 95.3 Å². The average molecular weight is 212 g/mol. The van der Waals surface area contributed by atoms with Crippen molar-refractivity contribution in [2.75, 3.05) is 0 Å². The van der Waals surface area contributed by atoms with Gasteiger partial charge in [0.25, 0.3) is 0 Å².